The van der Waals surface area contributed by atoms with Gasteiger partial charge < -0.3 is 10.2 Å². The van der Waals surface area contributed by atoms with Crippen molar-refractivity contribution in [2.45, 2.75) is 19.8 Å². The predicted molar refractivity (Wildman–Crippen MR) is 88.9 cm³/mol. The summed E-state index contributed by atoms with van der Waals surface area (Å²) in [6.45, 7) is 2.61. The number of carbonyl (C=O) groups is 2. The summed E-state index contributed by atoms with van der Waals surface area (Å²) in [4.78, 5) is 25.2. The molecular weight excluding hydrogens is 319 g/mol. The Kier molecular flexibility index (Phi) is 5.86. The number of hydrazine groups is 1. The van der Waals surface area contributed by atoms with Crippen LogP contribution < -0.4 is 16.2 Å². The lowest BCUT2D eigenvalue weighted by molar-refractivity contribution is -0.134. The van der Waals surface area contributed by atoms with Crippen molar-refractivity contribution in [3.63, 3.8) is 0 Å². The van der Waals surface area contributed by atoms with Crippen molar-refractivity contribution in [1.29, 1.82) is 0 Å². The van der Waals surface area contributed by atoms with E-state index in [9.17, 15) is 14.0 Å². The number of nitrogens with one attached hydrogen (secondary N) is 3. The fourth-order valence-electron chi connectivity index (χ4n) is 2.39. The molecule has 6 nitrogen and oxygen atoms in total. The van der Waals surface area contributed by atoms with Crippen molar-refractivity contribution in [2.75, 3.05) is 18.4 Å². The van der Waals surface area contributed by atoms with Crippen LogP contribution in [0.15, 0.2) is 24.3 Å². The summed E-state index contributed by atoms with van der Waals surface area (Å²) in [6, 6.07) is 5.69. The highest BCUT2D eigenvalue weighted by Gasteiger charge is 2.26. The first kappa shape index (κ1) is 17.1. The van der Waals surface area contributed by atoms with Crippen LogP contribution in [0.1, 0.15) is 19.8 Å². The molecule has 0 aliphatic carbocycles. The summed E-state index contributed by atoms with van der Waals surface area (Å²) < 4.78 is 12.8. The first-order chi connectivity index (χ1) is 11.0. The van der Waals surface area contributed by atoms with E-state index in [4.69, 9.17) is 12.2 Å². The number of halogens is 1. The SMILES string of the molecule is CC(=O)N1CCC[C@H](C(=O)NNC(=S)Nc2ccc(F)cc2)C1. The van der Waals surface area contributed by atoms with E-state index in [1.165, 1.54) is 31.2 Å². The zero-order valence-electron chi connectivity index (χ0n) is 12.8. The van der Waals surface area contributed by atoms with Crippen LogP contribution in [0.5, 0.6) is 0 Å². The summed E-state index contributed by atoms with van der Waals surface area (Å²) in [6.07, 6.45) is 1.53. The summed E-state index contributed by atoms with van der Waals surface area (Å²) >= 11 is 5.06. The number of anilines is 1. The molecule has 2 rings (SSSR count). The molecule has 0 unspecified atom stereocenters. The highest BCUT2D eigenvalue weighted by Crippen LogP contribution is 2.16. The molecule has 2 amide bonds. The van der Waals surface area contributed by atoms with Gasteiger partial charge in [0.05, 0.1) is 5.92 Å². The number of rotatable bonds is 2. The average Bonchev–Trinajstić information content (AvgIpc) is 2.55. The van der Waals surface area contributed by atoms with E-state index >= 15 is 0 Å². The quantitative estimate of drug-likeness (QED) is 0.562. The molecule has 124 valence electrons. The van der Waals surface area contributed by atoms with Crippen LogP contribution in [0.4, 0.5) is 10.1 Å². The van der Waals surface area contributed by atoms with Crippen molar-refractivity contribution in [1.82, 2.24) is 15.8 Å². The molecule has 0 aromatic heterocycles. The van der Waals surface area contributed by atoms with Gasteiger partial charge in [0.15, 0.2) is 5.11 Å². The molecule has 1 aliphatic rings. The van der Waals surface area contributed by atoms with E-state index in [1.807, 2.05) is 0 Å². The summed E-state index contributed by atoms with van der Waals surface area (Å²) in [7, 11) is 0. The number of nitrogens with zero attached hydrogens (tertiary/aromatic N) is 1. The number of carbonyl (C=O) groups excluding carboxylic acids is 2. The molecule has 23 heavy (non-hydrogen) atoms. The summed E-state index contributed by atoms with van der Waals surface area (Å²) in [5, 5.41) is 3.03. The Labute approximate surface area is 139 Å². The Morgan fingerprint density at radius 3 is 2.61 bits per heavy atom. The molecule has 0 spiro atoms. The van der Waals surface area contributed by atoms with Gasteiger partial charge in [-0.2, -0.15) is 0 Å². The molecule has 1 aromatic carbocycles. The highest BCUT2D eigenvalue weighted by atomic mass is 32.1. The molecule has 1 saturated heterocycles. The van der Waals surface area contributed by atoms with E-state index in [0.29, 0.717) is 18.8 Å². The van der Waals surface area contributed by atoms with Crippen molar-refractivity contribution in [2.24, 2.45) is 5.92 Å². The number of likely N-dealkylation sites (tertiary alicyclic amines) is 1. The third-order valence-electron chi connectivity index (χ3n) is 3.64. The Balaban J connectivity index is 1.78. The molecule has 3 N–H and O–H groups in total. The molecule has 1 aliphatic heterocycles. The van der Waals surface area contributed by atoms with Crippen LogP contribution in [0, 0.1) is 11.7 Å². The Morgan fingerprint density at radius 1 is 1.26 bits per heavy atom. The maximum atomic E-state index is 12.8. The van der Waals surface area contributed by atoms with Crippen LogP contribution in [0.3, 0.4) is 0 Å². The van der Waals surface area contributed by atoms with Crippen LogP contribution >= 0.6 is 12.2 Å². The van der Waals surface area contributed by atoms with Gasteiger partial charge in [0.2, 0.25) is 11.8 Å². The lowest BCUT2D eigenvalue weighted by Crippen LogP contribution is -2.50. The molecule has 1 atom stereocenters. The second-order valence-corrected chi connectivity index (χ2v) is 5.79. The lowest BCUT2D eigenvalue weighted by Gasteiger charge is -2.31. The number of amides is 2. The van der Waals surface area contributed by atoms with Crippen molar-refractivity contribution in [3.8, 4) is 0 Å². The van der Waals surface area contributed by atoms with Gasteiger partial charge in [-0.1, -0.05) is 0 Å². The van der Waals surface area contributed by atoms with Gasteiger partial charge >= 0.3 is 0 Å². The number of hydrogen-bond acceptors (Lipinski definition) is 3. The van der Waals surface area contributed by atoms with Crippen LogP contribution in [0.2, 0.25) is 0 Å². The second kappa shape index (κ2) is 7.87. The Hall–Kier alpha value is -2.22. The maximum absolute atomic E-state index is 12.8. The molecule has 1 heterocycles. The minimum Gasteiger partial charge on any atom is -0.342 e. The monoisotopic (exact) mass is 338 g/mol. The molecule has 0 bridgehead atoms. The van der Waals surface area contributed by atoms with E-state index in [2.05, 4.69) is 16.2 Å². The predicted octanol–water partition coefficient (Wildman–Crippen LogP) is 1.40. The van der Waals surface area contributed by atoms with Gasteiger partial charge in [0, 0.05) is 25.7 Å². The van der Waals surface area contributed by atoms with Gasteiger partial charge in [-0.25, -0.2) is 4.39 Å². The minimum absolute atomic E-state index is 0.0241. The normalized spacial score (nSPS) is 17.3. The second-order valence-electron chi connectivity index (χ2n) is 5.38. The van der Waals surface area contributed by atoms with Crippen molar-refractivity contribution >= 4 is 34.8 Å². The zero-order valence-corrected chi connectivity index (χ0v) is 13.6. The molecule has 0 radical (unpaired) electrons. The summed E-state index contributed by atoms with van der Waals surface area (Å²) in [5.41, 5.74) is 5.76. The topological polar surface area (TPSA) is 73.5 Å². The van der Waals surface area contributed by atoms with Crippen molar-refractivity contribution < 1.29 is 14.0 Å². The summed E-state index contributed by atoms with van der Waals surface area (Å²) in [5.74, 6) is -0.827. The maximum Gasteiger partial charge on any atom is 0.243 e. The number of piperidine rings is 1. The third-order valence-corrected chi connectivity index (χ3v) is 3.84. The molecule has 1 aromatic rings. The molecule has 0 saturated carbocycles. The molecule has 8 heteroatoms. The van der Waals surface area contributed by atoms with Crippen LogP contribution in [-0.4, -0.2) is 34.9 Å². The Bertz CT molecular complexity index is 594. The van der Waals surface area contributed by atoms with Gasteiger partial charge in [-0.15, -0.1) is 0 Å². The zero-order chi connectivity index (χ0) is 16.8. The molecule has 1 fully saturated rings. The standard InChI is InChI=1S/C15H19FN4O2S/c1-10(21)20-8-2-3-11(9-20)14(22)18-19-15(23)17-13-6-4-12(16)5-7-13/h4-7,11H,2-3,8-9H2,1H3,(H,18,22)(H2,17,19,23)/t11-/m0/s1. The molecular formula is C15H19FN4O2S. The fraction of sp³-hybridized carbons (Fsp3) is 0.400. The highest BCUT2D eigenvalue weighted by molar-refractivity contribution is 7.80. The smallest absolute Gasteiger partial charge is 0.243 e. The number of hydrogen-bond donors (Lipinski definition) is 3. The Morgan fingerprint density at radius 2 is 1.96 bits per heavy atom. The van der Waals surface area contributed by atoms with E-state index in [0.717, 1.165) is 12.8 Å². The van der Waals surface area contributed by atoms with Gasteiger partial charge in [-0.3, -0.25) is 20.4 Å². The van der Waals surface area contributed by atoms with Gasteiger partial charge in [-0.05, 0) is 49.3 Å². The van der Waals surface area contributed by atoms with E-state index < -0.39 is 0 Å². The van der Waals surface area contributed by atoms with Gasteiger partial charge in [0.25, 0.3) is 0 Å². The van der Waals surface area contributed by atoms with Gasteiger partial charge in [0.1, 0.15) is 5.82 Å². The van der Waals surface area contributed by atoms with Crippen LogP contribution in [0.25, 0.3) is 0 Å². The van der Waals surface area contributed by atoms with Crippen molar-refractivity contribution in [3.05, 3.63) is 30.1 Å². The number of benzene rings is 1. The lowest BCUT2D eigenvalue weighted by atomic mass is 9.97. The minimum atomic E-state index is -0.338. The van der Waals surface area contributed by atoms with E-state index in [-0.39, 0.29) is 28.7 Å². The first-order valence-electron chi connectivity index (χ1n) is 7.33. The largest absolute Gasteiger partial charge is 0.342 e. The van der Waals surface area contributed by atoms with E-state index in [1.54, 1.807) is 4.90 Å². The third kappa shape index (κ3) is 5.17. The van der Waals surface area contributed by atoms with Crippen LogP contribution in [-0.2, 0) is 9.59 Å². The number of thiocarbonyl (C=S) groups is 1. The average molecular weight is 338 g/mol. The fourth-order valence-corrected chi connectivity index (χ4v) is 2.56. The first-order valence-corrected chi connectivity index (χ1v) is 7.74.